The standard InChI is InChI=1S/C18H23N3/c1-15-6-7-17(16(2)13-15)14-20-9-11-21(12-10-20)18-5-3-4-8-19-18/h3-8,13H,9-12,14H2,1-2H3. The van der Waals surface area contributed by atoms with Gasteiger partial charge in [0.25, 0.3) is 0 Å². The first-order chi connectivity index (χ1) is 10.2. The summed E-state index contributed by atoms with van der Waals surface area (Å²) in [7, 11) is 0. The van der Waals surface area contributed by atoms with Crippen molar-refractivity contribution < 1.29 is 0 Å². The van der Waals surface area contributed by atoms with Gasteiger partial charge in [-0.25, -0.2) is 4.98 Å². The second-order valence-electron chi connectivity index (χ2n) is 5.88. The Morgan fingerprint density at radius 3 is 2.48 bits per heavy atom. The van der Waals surface area contributed by atoms with Crippen LogP contribution in [0.1, 0.15) is 16.7 Å². The van der Waals surface area contributed by atoms with E-state index in [2.05, 4.69) is 59.0 Å². The predicted octanol–water partition coefficient (Wildman–Crippen LogP) is 3.02. The van der Waals surface area contributed by atoms with Gasteiger partial charge in [-0.1, -0.05) is 29.8 Å². The molecule has 0 saturated carbocycles. The van der Waals surface area contributed by atoms with Crippen LogP contribution >= 0.6 is 0 Å². The second-order valence-corrected chi connectivity index (χ2v) is 5.88. The van der Waals surface area contributed by atoms with Crippen molar-refractivity contribution in [1.29, 1.82) is 0 Å². The molecule has 1 fully saturated rings. The third-order valence-corrected chi connectivity index (χ3v) is 4.24. The molecule has 2 aromatic rings. The van der Waals surface area contributed by atoms with Crippen LogP contribution < -0.4 is 4.90 Å². The van der Waals surface area contributed by atoms with Crippen LogP contribution in [0.2, 0.25) is 0 Å². The van der Waals surface area contributed by atoms with Gasteiger partial charge in [-0.3, -0.25) is 4.90 Å². The van der Waals surface area contributed by atoms with E-state index in [-0.39, 0.29) is 0 Å². The Balaban J connectivity index is 1.59. The van der Waals surface area contributed by atoms with Crippen LogP contribution in [0.5, 0.6) is 0 Å². The molecule has 0 N–H and O–H groups in total. The number of aryl methyl sites for hydroxylation is 2. The number of hydrogen-bond donors (Lipinski definition) is 0. The molecule has 3 heteroatoms. The highest BCUT2D eigenvalue weighted by Crippen LogP contribution is 2.16. The number of piperazine rings is 1. The summed E-state index contributed by atoms with van der Waals surface area (Å²) in [5.74, 6) is 1.10. The molecule has 0 amide bonds. The summed E-state index contributed by atoms with van der Waals surface area (Å²) in [6.07, 6.45) is 1.87. The van der Waals surface area contributed by atoms with Crippen LogP contribution in [-0.2, 0) is 6.54 Å². The zero-order valence-corrected chi connectivity index (χ0v) is 12.9. The van der Waals surface area contributed by atoms with Gasteiger partial charge < -0.3 is 4.90 Å². The van der Waals surface area contributed by atoms with Crippen molar-refractivity contribution in [3.8, 4) is 0 Å². The van der Waals surface area contributed by atoms with Crippen molar-refractivity contribution in [2.75, 3.05) is 31.1 Å². The van der Waals surface area contributed by atoms with Crippen molar-refractivity contribution in [2.24, 2.45) is 0 Å². The Hall–Kier alpha value is -1.87. The first-order valence-electron chi connectivity index (χ1n) is 7.67. The summed E-state index contributed by atoms with van der Waals surface area (Å²) in [4.78, 5) is 9.35. The molecule has 1 aliphatic heterocycles. The molecule has 3 rings (SSSR count). The van der Waals surface area contributed by atoms with Gasteiger partial charge in [-0.2, -0.15) is 0 Å². The van der Waals surface area contributed by atoms with Crippen LogP contribution in [0, 0.1) is 13.8 Å². The number of rotatable bonds is 3. The topological polar surface area (TPSA) is 19.4 Å². The summed E-state index contributed by atoms with van der Waals surface area (Å²) < 4.78 is 0. The molecule has 0 aliphatic carbocycles. The van der Waals surface area contributed by atoms with Gasteiger partial charge in [0.15, 0.2) is 0 Å². The first-order valence-corrected chi connectivity index (χ1v) is 7.67. The lowest BCUT2D eigenvalue weighted by molar-refractivity contribution is 0.249. The minimum Gasteiger partial charge on any atom is -0.354 e. The molecule has 1 aromatic carbocycles. The molecular weight excluding hydrogens is 258 g/mol. The predicted molar refractivity (Wildman–Crippen MR) is 87.6 cm³/mol. The van der Waals surface area contributed by atoms with Gasteiger partial charge in [0.1, 0.15) is 5.82 Å². The maximum absolute atomic E-state index is 4.44. The smallest absolute Gasteiger partial charge is 0.128 e. The number of pyridine rings is 1. The van der Waals surface area contributed by atoms with E-state index in [1.54, 1.807) is 0 Å². The van der Waals surface area contributed by atoms with E-state index in [0.29, 0.717) is 0 Å². The Bertz CT molecular complexity index is 587. The van der Waals surface area contributed by atoms with Gasteiger partial charge in [0.2, 0.25) is 0 Å². The zero-order chi connectivity index (χ0) is 14.7. The number of benzene rings is 1. The minimum atomic E-state index is 1.06. The summed E-state index contributed by atoms with van der Waals surface area (Å²) in [6, 6.07) is 12.9. The van der Waals surface area contributed by atoms with E-state index in [1.807, 2.05) is 12.3 Å². The van der Waals surface area contributed by atoms with Crippen LogP contribution in [0.15, 0.2) is 42.6 Å². The molecule has 21 heavy (non-hydrogen) atoms. The van der Waals surface area contributed by atoms with Crippen molar-refractivity contribution in [3.05, 3.63) is 59.3 Å². The highest BCUT2D eigenvalue weighted by atomic mass is 15.3. The van der Waals surface area contributed by atoms with E-state index >= 15 is 0 Å². The van der Waals surface area contributed by atoms with Crippen LogP contribution in [0.4, 0.5) is 5.82 Å². The Morgan fingerprint density at radius 1 is 1.00 bits per heavy atom. The third-order valence-electron chi connectivity index (χ3n) is 4.24. The monoisotopic (exact) mass is 281 g/mol. The lowest BCUT2D eigenvalue weighted by atomic mass is 10.1. The van der Waals surface area contributed by atoms with Gasteiger partial charge in [0, 0.05) is 38.9 Å². The molecule has 3 nitrogen and oxygen atoms in total. The Labute approximate surface area is 127 Å². The fourth-order valence-electron chi connectivity index (χ4n) is 2.94. The average Bonchev–Trinajstić information content (AvgIpc) is 2.52. The summed E-state index contributed by atoms with van der Waals surface area (Å²) in [5, 5.41) is 0. The third kappa shape index (κ3) is 3.42. The molecule has 0 radical (unpaired) electrons. The average molecular weight is 281 g/mol. The van der Waals surface area contributed by atoms with Gasteiger partial charge in [-0.15, -0.1) is 0 Å². The van der Waals surface area contributed by atoms with Crippen LogP contribution in [0.3, 0.4) is 0 Å². The summed E-state index contributed by atoms with van der Waals surface area (Å²) in [5.41, 5.74) is 4.20. The number of hydrogen-bond acceptors (Lipinski definition) is 3. The SMILES string of the molecule is Cc1ccc(CN2CCN(c3ccccn3)CC2)c(C)c1. The lowest BCUT2D eigenvalue weighted by Gasteiger charge is -2.35. The molecular formula is C18H23N3. The molecule has 1 aliphatic rings. The largest absolute Gasteiger partial charge is 0.354 e. The Kier molecular flexibility index (Phi) is 4.20. The molecule has 2 heterocycles. The lowest BCUT2D eigenvalue weighted by Crippen LogP contribution is -2.46. The van der Waals surface area contributed by atoms with Gasteiger partial charge in [-0.05, 0) is 37.1 Å². The zero-order valence-electron chi connectivity index (χ0n) is 12.9. The molecule has 1 saturated heterocycles. The quantitative estimate of drug-likeness (QED) is 0.862. The highest BCUT2D eigenvalue weighted by molar-refractivity contribution is 5.38. The van der Waals surface area contributed by atoms with Crippen molar-refractivity contribution in [1.82, 2.24) is 9.88 Å². The molecule has 0 bridgehead atoms. The van der Waals surface area contributed by atoms with Gasteiger partial charge in [0.05, 0.1) is 0 Å². The fraction of sp³-hybridized carbons (Fsp3) is 0.389. The second kappa shape index (κ2) is 6.27. The van der Waals surface area contributed by atoms with Crippen molar-refractivity contribution >= 4 is 5.82 Å². The van der Waals surface area contributed by atoms with E-state index < -0.39 is 0 Å². The van der Waals surface area contributed by atoms with Crippen molar-refractivity contribution in [2.45, 2.75) is 20.4 Å². The molecule has 0 atom stereocenters. The highest BCUT2D eigenvalue weighted by Gasteiger charge is 2.18. The number of anilines is 1. The molecule has 110 valence electrons. The first kappa shape index (κ1) is 14.1. The van der Waals surface area contributed by atoms with Crippen LogP contribution in [-0.4, -0.2) is 36.1 Å². The molecule has 0 spiro atoms. The Morgan fingerprint density at radius 2 is 1.81 bits per heavy atom. The minimum absolute atomic E-state index is 1.06. The fourth-order valence-corrected chi connectivity index (χ4v) is 2.94. The normalized spacial score (nSPS) is 16.2. The maximum atomic E-state index is 4.44. The van der Waals surface area contributed by atoms with Gasteiger partial charge >= 0.3 is 0 Å². The van der Waals surface area contributed by atoms with E-state index in [9.17, 15) is 0 Å². The van der Waals surface area contributed by atoms with E-state index in [4.69, 9.17) is 0 Å². The summed E-state index contributed by atoms with van der Waals surface area (Å²) in [6.45, 7) is 9.74. The maximum Gasteiger partial charge on any atom is 0.128 e. The van der Waals surface area contributed by atoms with Crippen molar-refractivity contribution in [3.63, 3.8) is 0 Å². The molecule has 0 unspecified atom stereocenters. The summed E-state index contributed by atoms with van der Waals surface area (Å²) >= 11 is 0. The van der Waals surface area contributed by atoms with E-state index in [1.165, 1.54) is 16.7 Å². The number of nitrogens with zero attached hydrogens (tertiary/aromatic N) is 3. The number of aromatic nitrogens is 1. The molecule has 1 aromatic heterocycles. The van der Waals surface area contributed by atoms with Crippen LogP contribution in [0.25, 0.3) is 0 Å². The van der Waals surface area contributed by atoms with E-state index in [0.717, 1.165) is 38.5 Å².